The molecule has 4 aromatic rings. The van der Waals surface area contributed by atoms with E-state index in [1.807, 2.05) is 40.6 Å². The molecule has 1 saturated heterocycles. The van der Waals surface area contributed by atoms with E-state index < -0.39 is 17.7 Å². The largest absolute Gasteiger partial charge is 0.416 e. The highest BCUT2D eigenvalue weighted by molar-refractivity contribution is 5.78. The van der Waals surface area contributed by atoms with Gasteiger partial charge in [-0.05, 0) is 54.4 Å². The van der Waals surface area contributed by atoms with E-state index >= 15 is 0 Å². The van der Waals surface area contributed by atoms with Crippen LogP contribution in [0.1, 0.15) is 34.7 Å². The third-order valence-corrected chi connectivity index (χ3v) is 6.92. The summed E-state index contributed by atoms with van der Waals surface area (Å²) in [5.74, 6) is -0.892. The third-order valence-electron chi connectivity index (χ3n) is 6.92. The van der Waals surface area contributed by atoms with Gasteiger partial charge in [0.1, 0.15) is 11.5 Å². The number of benzene rings is 2. The van der Waals surface area contributed by atoms with Crippen LogP contribution in [0.5, 0.6) is 0 Å². The minimum atomic E-state index is -4.41. The van der Waals surface area contributed by atoms with Crippen LogP contribution in [0.15, 0.2) is 73.1 Å². The van der Waals surface area contributed by atoms with E-state index in [0.29, 0.717) is 37.4 Å². The number of amides is 1. The van der Waals surface area contributed by atoms with Crippen LogP contribution in [0.4, 0.5) is 23.2 Å². The molecule has 192 valence electrons. The van der Waals surface area contributed by atoms with Crippen molar-refractivity contribution < 1.29 is 22.4 Å². The van der Waals surface area contributed by atoms with Crippen molar-refractivity contribution in [3.63, 3.8) is 0 Å². The second-order valence-corrected chi connectivity index (χ2v) is 9.30. The molecule has 0 N–H and O–H groups in total. The van der Waals surface area contributed by atoms with Gasteiger partial charge in [0.15, 0.2) is 0 Å². The lowest BCUT2D eigenvalue weighted by molar-refractivity contribution is -0.137. The standard InChI is InChI=1S/C28H26F4N4O/c1-19-5-4-10-36-25(18-33-27(19)36)24(20-6-2-8-22(29)15-20)17-26(37)35-13-11-34(12-14-35)23-9-3-7-21(16-23)28(30,31)32/h2-10,15-16,18,24H,11-14,17H2,1H3. The molecule has 1 fully saturated rings. The molecule has 0 saturated carbocycles. The number of hydrogen-bond acceptors (Lipinski definition) is 3. The number of piperazine rings is 1. The van der Waals surface area contributed by atoms with E-state index in [4.69, 9.17) is 0 Å². The van der Waals surface area contributed by atoms with Gasteiger partial charge in [0, 0.05) is 56.6 Å². The Balaban J connectivity index is 1.35. The molecular weight excluding hydrogens is 484 g/mol. The van der Waals surface area contributed by atoms with Crippen LogP contribution in [0.25, 0.3) is 5.65 Å². The van der Waals surface area contributed by atoms with Gasteiger partial charge in [0.05, 0.1) is 11.3 Å². The summed E-state index contributed by atoms with van der Waals surface area (Å²) in [5, 5.41) is 0. The first-order chi connectivity index (χ1) is 17.7. The number of aromatic nitrogens is 2. The molecule has 1 aliphatic rings. The molecule has 0 radical (unpaired) electrons. The van der Waals surface area contributed by atoms with Gasteiger partial charge in [0.2, 0.25) is 5.91 Å². The Bertz CT molecular complexity index is 1420. The van der Waals surface area contributed by atoms with Crippen LogP contribution in [0.3, 0.4) is 0 Å². The smallest absolute Gasteiger partial charge is 0.368 e. The first kappa shape index (κ1) is 24.8. The van der Waals surface area contributed by atoms with Crippen LogP contribution >= 0.6 is 0 Å². The number of pyridine rings is 1. The maximum Gasteiger partial charge on any atom is 0.416 e. The van der Waals surface area contributed by atoms with Gasteiger partial charge in [-0.25, -0.2) is 9.37 Å². The number of nitrogens with zero attached hydrogens (tertiary/aromatic N) is 4. The first-order valence-electron chi connectivity index (χ1n) is 12.1. The number of hydrogen-bond donors (Lipinski definition) is 0. The first-order valence-corrected chi connectivity index (χ1v) is 12.1. The van der Waals surface area contributed by atoms with Crippen molar-refractivity contribution in [2.45, 2.75) is 25.4 Å². The molecule has 0 spiro atoms. The lowest BCUT2D eigenvalue weighted by atomic mass is 9.92. The van der Waals surface area contributed by atoms with Gasteiger partial charge < -0.3 is 14.2 Å². The monoisotopic (exact) mass is 510 g/mol. The van der Waals surface area contributed by atoms with Crippen LogP contribution in [-0.4, -0.2) is 46.4 Å². The van der Waals surface area contributed by atoms with E-state index in [0.717, 1.165) is 29.0 Å². The van der Waals surface area contributed by atoms with Crippen LogP contribution < -0.4 is 4.90 Å². The highest BCUT2D eigenvalue weighted by Gasteiger charge is 2.32. The van der Waals surface area contributed by atoms with Gasteiger partial charge >= 0.3 is 6.18 Å². The van der Waals surface area contributed by atoms with Gasteiger partial charge in [-0.2, -0.15) is 13.2 Å². The molecule has 3 heterocycles. The van der Waals surface area contributed by atoms with Crippen molar-refractivity contribution in [2.24, 2.45) is 0 Å². The Kier molecular flexibility index (Phi) is 6.62. The van der Waals surface area contributed by atoms with Gasteiger partial charge in [0.25, 0.3) is 0 Å². The fourth-order valence-electron chi connectivity index (χ4n) is 4.94. The summed E-state index contributed by atoms with van der Waals surface area (Å²) in [6.45, 7) is 3.58. The van der Waals surface area contributed by atoms with Crippen LogP contribution in [0, 0.1) is 12.7 Å². The summed E-state index contributed by atoms with van der Waals surface area (Å²) in [6, 6.07) is 15.4. The number of aryl methyl sites for hydroxylation is 1. The highest BCUT2D eigenvalue weighted by Crippen LogP contribution is 2.33. The van der Waals surface area contributed by atoms with Gasteiger partial charge in [-0.3, -0.25) is 4.79 Å². The molecule has 9 heteroatoms. The molecule has 0 aliphatic carbocycles. The van der Waals surface area contributed by atoms with Crippen molar-refractivity contribution in [3.05, 3.63) is 101 Å². The number of anilines is 1. The molecule has 5 nitrogen and oxygen atoms in total. The number of halogens is 4. The van der Waals surface area contributed by atoms with Crippen molar-refractivity contribution in [2.75, 3.05) is 31.1 Å². The number of imidazole rings is 1. The lowest BCUT2D eigenvalue weighted by Gasteiger charge is -2.37. The SMILES string of the molecule is Cc1cccn2c(C(CC(=O)N3CCN(c4cccc(C(F)(F)F)c4)CC3)c3cccc(F)c3)cnc12. The van der Waals surface area contributed by atoms with E-state index in [9.17, 15) is 22.4 Å². The molecule has 0 bridgehead atoms. The quantitative estimate of drug-likeness (QED) is 0.325. The molecular formula is C28H26F4N4O. The lowest BCUT2D eigenvalue weighted by Crippen LogP contribution is -2.49. The number of rotatable bonds is 5. The predicted molar refractivity (Wildman–Crippen MR) is 133 cm³/mol. The minimum absolute atomic E-state index is 0.0967. The maximum absolute atomic E-state index is 14.2. The van der Waals surface area contributed by atoms with E-state index in [2.05, 4.69) is 4.98 Å². The van der Waals surface area contributed by atoms with Crippen molar-refractivity contribution in [1.29, 1.82) is 0 Å². The van der Waals surface area contributed by atoms with E-state index in [-0.39, 0.29) is 18.1 Å². The molecule has 5 rings (SSSR count). The van der Waals surface area contributed by atoms with Crippen LogP contribution in [-0.2, 0) is 11.0 Å². The summed E-state index contributed by atoms with van der Waals surface area (Å²) >= 11 is 0. The summed E-state index contributed by atoms with van der Waals surface area (Å²) in [5.41, 5.74) is 3.04. The average molecular weight is 511 g/mol. The highest BCUT2D eigenvalue weighted by atomic mass is 19.4. The number of carbonyl (C=O) groups excluding carboxylic acids is 1. The summed E-state index contributed by atoms with van der Waals surface area (Å²) < 4.78 is 55.5. The zero-order valence-electron chi connectivity index (χ0n) is 20.3. The Labute approximate surface area is 212 Å². The summed E-state index contributed by atoms with van der Waals surface area (Å²) in [6.07, 6.45) is -0.670. The molecule has 1 aliphatic heterocycles. The van der Waals surface area contributed by atoms with Crippen molar-refractivity contribution in [1.82, 2.24) is 14.3 Å². The van der Waals surface area contributed by atoms with E-state index in [1.165, 1.54) is 18.2 Å². The van der Waals surface area contributed by atoms with Crippen molar-refractivity contribution in [3.8, 4) is 0 Å². The Hall–Kier alpha value is -3.88. The number of alkyl halides is 3. The molecule has 1 atom stereocenters. The fourth-order valence-corrected chi connectivity index (χ4v) is 4.94. The molecule has 1 unspecified atom stereocenters. The Morgan fingerprint density at radius 1 is 1.00 bits per heavy atom. The third kappa shape index (κ3) is 5.16. The van der Waals surface area contributed by atoms with Gasteiger partial charge in [-0.1, -0.05) is 24.3 Å². The van der Waals surface area contributed by atoms with Crippen LogP contribution in [0.2, 0.25) is 0 Å². The summed E-state index contributed by atoms with van der Waals surface area (Å²) in [4.78, 5) is 21.5. The zero-order valence-corrected chi connectivity index (χ0v) is 20.3. The summed E-state index contributed by atoms with van der Waals surface area (Å²) in [7, 11) is 0. The second-order valence-electron chi connectivity index (χ2n) is 9.30. The second kappa shape index (κ2) is 9.88. The number of fused-ring (bicyclic) bond motifs is 1. The molecule has 1 amide bonds. The zero-order chi connectivity index (χ0) is 26.2. The Morgan fingerprint density at radius 3 is 2.49 bits per heavy atom. The fraction of sp³-hybridized carbons (Fsp3) is 0.286. The van der Waals surface area contributed by atoms with Crippen molar-refractivity contribution >= 4 is 17.2 Å². The topological polar surface area (TPSA) is 40.9 Å². The molecule has 37 heavy (non-hydrogen) atoms. The minimum Gasteiger partial charge on any atom is -0.368 e. The normalized spacial score (nSPS) is 15.3. The molecule has 2 aromatic heterocycles. The Morgan fingerprint density at radius 2 is 1.76 bits per heavy atom. The van der Waals surface area contributed by atoms with Gasteiger partial charge in [-0.15, -0.1) is 0 Å². The maximum atomic E-state index is 14.2. The average Bonchev–Trinajstić information content (AvgIpc) is 3.32. The molecule has 2 aromatic carbocycles. The predicted octanol–water partition coefficient (Wildman–Crippen LogP) is 5.67. The number of carbonyl (C=O) groups is 1. The van der Waals surface area contributed by atoms with E-state index in [1.54, 1.807) is 23.2 Å².